The lowest BCUT2D eigenvalue weighted by Crippen LogP contribution is -2.46. The Kier molecular flexibility index (Phi) is 7.71. The minimum absolute atomic E-state index is 0.154. The van der Waals surface area contributed by atoms with Gasteiger partial charge in [0.15, 0.2) is 5.96 Å². The largest absolute Gasteiger partial charge is 0.465 e. The maximum Gasteiger partial charge on any atom is 0.191 e. The molecular weight excluding hydrogens is 368 g/mol. The van der Waals surface area contributed by atoms with Crippen LogP contribution >= 0.6 is 0 Å². The number of nitrogens with one attached hydrogen (secondary N) is 2. The molecule has 0 bridgehead atoms. The molecule has 1 aliphatic rings. The molecule has 0 spiro atoms. The van der Waals surface area contributed by atoms with Crippen molar-refractivity contribution in [3.63, 3.8) is 0 Å². The van der Waals surface area contributed by atoms with Gasteiger partial charge >= 0.3 is 0 Å². The molecule has 160 valence electrons. The van der Waals surface area contributed by atoms with Crippen molar-refractivity contribution < 1.29 is 9.15 Å². The molecule has 0 aromatic carbocycles. The first kappa shape index (κ1) is 21.4. The molecule has 1 fully saturated rings. The topological polar surface area (TPSA) is 79.8 Å². The lowest BCUT2D eigenvalue weighted by atomic mass is 10.1. The standard InChI is InChI=1S/C21H34N6O2/c1-16-14-17(2)27(25-16)9-5-8-23-21(22-4)24-15-19(20-7-6-18(3)29-20)26-10-12-28-13-11-26/h6-7,14,19H,5,8-13,15H2,1-4H3,(H2,22,23,24). The molecule has 0 aliphatic carbocycles. The molecule has 3 heterocycles. The Morgan fingerprint density at radius 1 is 1.21 bits per heavy atom. The number of ether oxygens (including phenoxy) is 1. The van der Waals surface area contributed by atoms with E-state index >= 15 is 0 Å². The molecule has 29 heavy (non-hydrogen) atoms. The molecule has 0 saturated carbocycles. The number of morpholine rings is 1. The van der Waals surface area contributed by atoms with E-state index in [1.165, 1.54) is 5.69 Å². The molecule has 8 nitrogen and oxygen atoms in total. The van der Waals surface area contributed by atoms with Crippen LogP contribution in [0.25, 0.3) is 0 Å². The second-order valence-corrected chi connectivity index (χ2v) is 7.50. The molecule has 8 heteroatoms. The Morgan fingerprint density at radius 2 is 2.00 bits per heavy atom. The van der Waals surface area contributed by atoms with Gasteiger partial charge in [0.1, 0.15) is 11.5 Å². The number of hydrogen-bond acceptors (Lipinski definition) is 5. The van der Waals surface area contributed by atoms with Gasteiger partial charge in [-0.3, -0.25) is 14.6 Å². The van der Waals surface area contributed by atoms with Crippen molar-refractivity contribution in [2.75, 3.05) is 46.4 Å². The van der Waals surface area contributed by atoms with Crippen LogP contribution in [0.3, 0.4) is 0 Å². The van der Waals surface area contributed by atoms with E-state index in [2.05, 4.69) is 49.4 Å². The highest BCUT2D eigenvalue weighted by molar-refractivity contribution is 5.79. The molecule has 0 amide bonds. The molecule has 2 aromatic heterocycles. The summed E-state index contributed by atoms with van der Waals surface area (Å²) in [6, 6.07) is 6.35. The quantitative estimate of drug-likeness (QED) is 0.400. The molecule has 1 aliphatic heterocycles. The van der Waals surface area contributed by atoms with Gasteiger partial charge < -0.3 is 19.8 Å². The van der Waals surface area contributed by atoms with E-state index in [-0.39, 0.29) is 6.04 Å². The Bertz CT molecular complexity index is 791. The molecule has 1 atom stereocenters. The number of aromatic nitrogens is 2. The molecule has 2 aromatic rings. The first-order valence-corrected chi connectivity index (χ1v) is 10.4. The van der Waals surface area contributed by atoms with Gasteiger partial charge in [-0.05, 0) is 45.4 Å². The predicted octanol–water partition coefficient (Wildman–Crippen LogP) is 2.03. The van der Waals surface area contributed by atoms with Gasteiger partial charge in [-0.1, -0.05) is 0 Å². The Balaban J connectivity index is 1.49. The number of hydrogen-bond donors (Lipinski definition) is 2. The van der Waals surface area contributed by atoms with E-state index in [1.54, 1.807) is 7.05 Å². The normalized spacial score (nSPS) is 16.8. The zero-order valence-electron chi connectivity index (χ0n) is 18.1. The van der Waals surface area contributed by atoms with Crippen LogP contribution in [0.2, 0.25) is 0 Å². The van der Waals surface area contributed by atoms with Crippen molar-refractivity contribution in [1.82, 2.24) is 25.3 Å². The fraction of sp³-hybridized carbons (Fsp3) is 0.619. The third kappa shape index (κ3) is 6.08. The number of aliphatic imine (C=N–C) groups is 1. The van der Waals surface area contributed by atoms with Gasteiger partial charge in [0.05, 0.1) is 24.9 Å². The summed E-state index contributed by atoms with van der Waals surface area (Å²) in [5.41, 5.74) is 2.27. The average molecular weight is 403 g/mol. The van der Waals surface area contributed by atoms with Crippen LogP contribution in [0, 0.1) is 20.8 Å². The van der Waals surface area contributed by atoms with Gasteiger partial charge in [-0.15, -0.1) is 0 Å². The highest BCUT2D eigenvalue weighted by atomic mass is 16.5. The van der Waals surface area contributed by atoms with Crippen LogP contribution in [-0.2, 0) is 11.3 Å². The highest BCUT2D eigenvalue weighted by Gasteiger charge is 2.25. The van der Waals surface area contributed by atoms with Crippen molar-refractivity contribution in [3.05, 3.63) is 41.1 Å². The molecular formula is C21H34N6O2. The Labute approximate surface area is 173 Å². The van der Waals surface area contributed by atoms with Crippen molar-refractivity contribution in [2.24, 2.45) is 4.99 Å². The predicted molar refractivity (Wildman–Crippen MR) is 114 cm³/mol. The van der Waals surface area contributed by atoms with Crippen molar-refractivity contribution in [3.8, 4) is 0 Å². The third-order valence-corrected chi connectivity index (χ3v) is 5.20. The summed E-state index contributed by atoms with van der Waals surface area (Å²) in [5.74, 6) is 2.72. The second-order valence-electron chi connectivity index (χ2n) is 7.50. The summed E-state index contributed by atoms with van der Waals surface area (Å²) in [4.78, 5) is 6.78. The minimum atomic E-state index is 0.154. The SMILES string of the molecule is CN=C(NCCCn1nc(C)cc1C)NCC(c1ccc(C)o1)N1CCOCC1. The van der Waals surface area contributed by atoms with Gasteiger partial charge in [0.2, 0.25) is 0 Å². The maximum absolute atomic E-state index is 5.93. The van der Waals surface area contributed by atoms with Crippen LogP contribution in [0.5, 0.6) is 0 Å². The van der Waals surface area contributed by atoms with E-state index < -0.39 is 0 Å². The summed E-state index contributed by atoms with van der Waals surface area (Å²) < 4.78 is 13.5. The van der Waals surface area contributed by atoms with Crippen LogP contribution in [0.4, 0.5) is 0 Å². The van der Waals surface area contributed by atoms with E-state index in [0.717, 1.165) is 75.5 Å². The van der Waals surface area contributed by atoms with E-state index in [1.807, 2.05) is 19.9 Å². The highest BCUT2D eigenvalue weighted by Crippen LogP contribution is 2.23. The van der Waals surface area contributed by atoms with Crippen molar-refractivity contribution in [1.29, 1.82) is 0 Å². The second kappa shape index (κ2) is 10.5. The number of rotatable bonds is 8. The van der Waals surface area contributed by atoms with Crippen molar-refractivity contribution in [2.45, 2.75) is 39.8 Å². The first-order chi connectivity index (χ1) is 14.1. The van der Waals surface area contributed by atoms with Gasteiger partial charge in [-0.25, -0.2) is 0 Å². The van der Waals surface area contributed by atoms with Gasteiger partial charge in [-0.2, -0.15) is 5.10 Å². The van der Waals surface area contributed by atoms with Gasteiger partial charge in [0.25, 0.3) is 0 Å². The molecule has 2 N–H and O–H groups in total. The number of guanidine groups is 1. The summed E-state index contributed by atoms with van der Waals surface area (Å²) in [6.07, 6.45) is 0.979. The summed E-state index contributed by atoms with van der Waals surface area (Å²) >= 11 is 0. The smallest absolute Gasteiger partial charge is 0.191 e. The molecule has 3 rings (SSSR count). The summed E-state index contributed by atoms with van der Waals surface area (Å²) in [5, 5.41) is 11.4. The number of nitrogens with zero attached hydrogens (tertiary/aromatic N) is 4. The van der Waals surface area contributed by atoms with Crippen LogP contribution in [-0.4, -0.2) is 67.1 Å². The Hall–Kier alpha value is -2.32. The van der Waals surface area contributed by atoms with Crippen LogP contribution in [0.15, 0.2) is 27.6 Å². The van der Waals surface area contributed by atoms with E-state index in [4.69, 9.17) is 9.15 Å². The van der Waals surface area contributed by atoms with Crippen LogP contribution < -0.4 is 10.6 Å². The molecule has 1 unspecified atom stereocenters. The fourth-order valence-corrected chi connectivity index (χ4v) is 3.68. The Morgan fingerprint density at radius 3 is 2.62 bits per heavy atom. The number of aryl methyl sites for hydroxylation is 4. The van der Waals surface area contributed by atoms with Crippen molar-refractivity contribution >= 4 is 5.96 Å². The summed E-state index contributed by atoms with van der Waals surface area (Å²) in [7, 11) is 1.80. The maximum atomic E-state index is 5.93. The lowest BCUT2D eigenvalue weighted by Gasteiger charge is -2.33. The third-order valence-electron chi connectivity index (χ3n) is 5.20. The minimum Gasteiger partial charge on any atom is -0.465 e. The average Bonchev–Trinajstić information content (AvgIpc) is 3.29. The monoisotopic (exact) mass is 402 g/mol. The number of furan rings is 1. The van der Waals surface area contributed by atoms with Crippen LogP contribution in [0.1, 0.15) is 35.4 Å². The summed E-state index contributed by atoms with van der Waals surface area (Å²) in [6.45, 7) is 11.9. The van der Waals surface area contributed by atoms with E-state index in [0.29, 0.717) is 0 Å². The molecule has 0 radical (unpaired) electrons. The molecule has 1 saturated heterocycles. The zero-order chi connectivity index (χ0) is 20.6. The van der Waals surface area contributed by atoms with E-state index in [9.17, 15) is 0 Å². The van der Waals surface area contributed by atoms with Gasteiger partial charge in [0, 0.05) is 45.5 Å². The first-order valence-electron chi connectivity index (χ1n) is 10.4. The fourth-order valence-electron chi connectivity index (χ4n) is 3.68. The zero-order valence-corrected chi connectivity index (χ0v) is 18.1. The lowest BCUT2D eigenvalue weighted by molar-refractivity contribution is 0.0124.